The number of rotatable bonds is 3. The normalized spacial score (nSPS) is 12.8. The lowest BCUT2D eigenvalue weighted by molar-refractivity contribution is 0.605. The van der Waals surface area contributed by atoms with E-state index in [1.54, 1.807) is 17.4 Å². The van der Waals surface area contributed by atoms with Gasteiger partial charge in [0.25, 0.3) is 6.01 Å². The highest BCUT2D eigenvalue weighted by Crippen LogP contribution is 2.29. The Labute approximate surface area is 120 Å². The summed E-state index contributed by atoms with van der Waals surface area (Å²) in [6.45, 7) is 6.10. The predicted molar refractivity (Wildman–Crippen MR) is 82.0 cm³/mol. The van der Waals surface area contributed by atoms with E-state index in [4.69, 9.17) is 10.2 Å². The molecule has 0 aliphatic rings. The molecule has 3 rings (SSSR count). The number of aryl methyl sites for hydroxylation is 2. The molecular formula is C14H16N4OS. The minimum atomic E-state index is 0.103. The van der Waals surface area contributed by atoms with Crippen molar-refractivity contribution in [1.82, 2.24) is 9.97 Å². The molecule has 0 aliphatic heterocycles. The lowest BCUT2D eigenvalue weighted by Gasteiger charge is -2.10. The molecule has 0 radical (unpaired) electrons. The molecule has 104 valence electrons. The van der Waals surface area contributed by atoms with E-state index in [1.165, 1.54) is 4.88 Å². The molecule has 3 aromatic rings. The largest absolute Gasteiger partial charge is 0.423 e. The van der Waals surface area contributed by atoms with E-state index < -0.39 is 0 Å². The van der Waals surface area contributed by atoms with Crippen LogP contribution in [0, 0.1) is 13.8 Å². The second kappa shape index (κ2) is 4.79. The lowest BCUT2D eigenvalue weighted by atomic mass is 10.2. The van der Waals surface area contributed by atoms with Gasteiger partial charge in [0, 0.05) is 16.6 Å². The summed E-state index contributed by atoms with van der Waals surface area (Å²) in [5, 5.41) is 4.34. The maximum Gasteiger partial charge on any atom is 0.296 e. The number of oxazole rings is 1. The van der Waals surface area contributed by atoms with Gasteiger partial charge in [0.2, 0.25) is 0 Å². The number of nitrogens with two attached hydrogens (primary N) is 1. The van der Waals surface area contributed by atoms with Crippen molar-refractivity contribution in [2.24, 2.45) is 0 Å². The molecule has 0 spiro atoms. The van der Waals surface area contributed by atoms with Gasteiger partial charge in [0.15, 0.2) is 5.58 Å². The van der Waals surface area contributed by atoms with Gasteiger partial charge in [-0.05, 0) is 32.9 Å². The van der Waals surface area contributed by atoms with E-state index in [9.17, 15) is 0 Å². The van der Waals surface area contributed by atoms with Gasteiger partial charge < -0.3 is 15.5 Å². The predicted octanol–water partition coefficient (Wildman–Crippen LogP) is 3.66. The molecule has 0 fully saturated rings. The fraction of sp³-hybridized carbons (Fsp3) is 0.286. The molecule has 0 saturated carbocycles. The third-order valence-electron chi connectivity index (χ3n) is 3.09. The molecule has 0 amide bonds. The van der Waals surface area contributed by atoms with Gasteiger partial charge in [-0.2, -0.15) is 4.98 Å². The second-order valence-corrected chi connectivity index (χ2v) is 6.03. The van der Waals surface area contributed by atoms with E-state index in [0.717, 1.165) is 16.2 Å². The second-order valence-electron chi connectivity index (χ2n) is 4.79. The molecule has 2 aromatic heterocycles. The van der Waals surface area contributed by atoms with Crippen molar-refractivity contribution >= 4 is 34.1 Å². The Morgan fingerprint density at radius 3 is 2.80 bits per heavy atom. The van der Waals surface area contributed by atoms with Crippen LogP contribution in [0.1, 0.15) is 28.5 Å². The minimum Gasteiger partial charge on any atom is -0.423 e. The summed E-state index contributed by atoms with van der Waals surface area (Å²) in [5.74, 6) is 0. The number of anilines is 2. The molecular weight excluding hydrogens is 272 g/mol. The van der Waals surface area contributed by atoms with Crippen molar-refractivity contribution < 1.29 is 4.42 Å². The van der Waals surface area contributed by atoms with Gasteiger partial charge in [-0.1, -0.05) is 0 Å². The van der Waals surface area contributed by atoms with Gasteiger partial charge in [0.1, 0.15) is 5.52 Å². The molecule has 0 aliphatic carbocycles. The number of benzene rings is 1. The van der Waals surface area contributed by atoms with Crippen LogP contribution < -0.4 is 11.1 Å². The summed E-state index contributed by atoms with van der Waals surface area (Å²) < 4.78 is 5.67. The highest BCUT2D eigenvalue weighted by molar-refractivity contribution is 7.11. The summed E-state index contributed by atoms with van der Waals surface area (Å²) in [5.41, 5.74) is 8.94. The van der Waals surface area contributed by atoms with Crippen molar-refractivity contribution in [3.8, 4) is 0 Å². The summed E-state index contributed by atoms with van der Waals surface area (Å²) in [6.07, 6.45) is 0. The number of aromatic nitrogens is 2. The molecule has 20 heavy (non-hydrogen) atoms. The first-order valence-electron chi connectivity index (χ1n) is 6.39. The average Bonchev–Trinajstić information content (AvgIpc) is 2.91. The fourth-order valence-corrected chi connectivity index (χ4v) is 3.13. The molecule has 3 N–H and O–H groups in total. The van der Waals surface area contributed by atoms with Crippen molar-refractivity contribution in [3.63, 3.8) is 0 Å². The first kappa shape index (κ1) is 12.9. The van der Waals surface area contributed by atoms with Crippen molar-refractivity contribution in [2.45, 2.75) is 26.8 Å². The summed E-state index contributed by atoms with van der Waals surface area (Å²) in [6, 6.07) is 6.05. The number of nitrogens with one attached hydrogen (secondary N) is 1. The van der Waals surface area contributed by atoms with Crippen LogP contribution in [0.2, 0.25) is 0 Å². The van der Waals surface area contributed by atoms with E-state index in [-0.39, 0.29) is 6.04 Å². The minimum absolute atomic E-state index is 0.103. The van der Waals surface area contributed by atoms with E-state index in [0.29, 0.717) is 17.3 Å². The lowest BCUT2D eigenvalue weighted by Crippen LogP contribution is -2.06. The Morgan fingerprint density at radius 1 is 1.30 bits per heavy atom. The number of hydrogen-bond acceptors (Lipinski definition) is 6. The van der Waals surface area contributed by atoms with Crippen molar-refractivity contribution in [1.29, 1.82) is 0 Å². The number of nitrogens with zero attached hydrogens (tertiary/aromatic N) is 2. The standard InChI is InChI=1S/C14H16N4OS/c1-7-13(20-9(3)16-7)8(2)17-14-18-11-5-4-10(15)6-12(11)19-14/h4-6,8H,15H2,1-3H3,(H,17,18). The first-order chi connectivity index (χ1) is 9.52. The van der Waals surface area contributed by atoms with Crippen LogP contribution in [0.3, 0.4) is 0 Å². The molecule has 1 unspecified atom stereocenters. The highest BCUT2D eigenvalue weighted by atomic mass is 32.1. The van der Waals surface area contributed by atoms with Crippen LogP contribution in [0.5, 0.6) is 0 Å². The van der Waals surface area contributed by atoms with Gasteiger partial charge >= 0.3 is 0 Å². The van der Waals surface area contributed by atoms with Crippen LogP contribution in [0.15, 0.2) is 22.6 Å². The number of hydrogen-bond donors (Lipinski definition) is 2. The Hall–Kier alpha value is -2.08. The molecule has 6 heteroatoms. The zero-order valence-corrected chi connectivity index (χ0v) is 12.4. The molecule has 0 bridgehead atoms. The monoisotopic (exact) mass is 288 g/mol. The first-order valence-corrected chi connectivity index (χ1v) is 7.21. The SMILES string of the molecule is Cc1nc(C)c(C(C)Nc2nc3ccc(N)cc3o2)s1. The van der Waals surface area contributed by atoms with Crippen molar-refractivity contribution in [2.75, 3.05) is 11.1 Å². The van der Waals surface area contributed by atoms with Gasteiger partial charge in [-0.15, -0.1) is 11.3 Å². The molecule has 1 atom stereocenters. The maximum absolute atomic E-state index is 5.73. The fourth-order valence-electron chi connectivity index (χ4n) is 2.20. The average molecular weight is 288 g/mol. The van der Waals surface area contributed by atoms with Crippen LogP contribution in [0.4, 0.5) is 11.7 Å². The van der Waals surface area contributed by atoms with Crippen LogP contribution in [0.25, 0.3) is 11.1 Å². The van der Waals surface area contributed by atoms with E-state index in [1.807, 2.05) is 26.0 Å². The number of fused-ring (bicyclic) bond motifs is 1. The third kappa shape index (κ3) is 2.34. The molecule has 2 heterocycles. The maximum atomic E-state index is 5.73. The molecule has 5 nitrogen and oxygen atoms in total. The topological polar surface area (TPSA) is 77.0 Å². The zero-order valence-electron chi connectivity index (χ0n) is 11.6. The van der Waals surface area contributed by atoms with Gasteiger partial charge in [0.05, 0.1) is 16.7 Å². The highest BCUT2D eigenvalue weighted by Gasteiger charge is 2.15. The van der Waals surface area contributed by atoms with Crippen LogP contribution in [-0.4, -0.2) is 9.97 Å². The Balaban J connectivity index is 1.87. The Morgan fingerprint density at radius 2 is 2.10 bits per heavy atom. The smallest absolute Gasteiger partial charge is 0.296 e. The summed E-state index contributed by atoms with van der Waals surface area (Å²) >= 11 is 1.69. The Kier molecular flexibility index (Phi) is 3.10. The summed E-state index contributed by atoms with van der Waals surface area (Å²) in [4.78, 5) is 10.0. The molecule has 1 aromatic carbocycles. The number of thiazole rings is 1. The van der Waals surface area contributed by atoms with E-state index >= 15 is 0 Å². The van der Waals surface area contributed by atoms with Gasteiger partial charge in [-0.25, -0.2) is 4.98 Å². The van der Waals surface area contributed by atoms with Crippen molar-refractivity contribution in [3.05, 3.63) is 33.8 Å². The van der Waals surface area contributed by atoms with Crippen LogP contribution in [-0.2, 0) is 0 Å². The Bertz CT molecular complexity index is 762. The zero-order chi connectivity index (χ0) is 14.3. The third-order valence-corrected chi connectivity index (χ3v) is 4.34. The van der Waals surface area contributed by atoms with Gasteiger partial charge in [-0.3, -0.25) is 0 Å². The number of nitrogen functional groups attached to an aromatic ring is 1. The summed E-state index contributed by atoms with van der Waals surface area (Å²) in [7, 11) is 0. The molecule has 0 saturated heterocycles. The van der Waals surface area contributed by atoms with Crippen LogP contribution >= 0.6 is 11.3 Å². The quantitative estimate of drug-likeness (QED) is 0.719. The van der Waals surface area contributed by atoms with E-state index in [2.05, 4.69) is 22.2 Å².